The maximum absolute atomic E-state index is 12.6. The Morgan fingerprint density at radius 1 is 1.12 bits per heavy atom. The minimum Gasteiger partial charge on any atom is -0.352 e. The number of amides is 1. The Kier molecular flexibility index (Phi) is 4.73. The average molecular weight is 360 g/mol. The molecule has 3 aromatic heterocycles. The molecular weight excluding hydrogens is 346 g/mol. The normalized spacial score (nSPS) is 10.5. The van der Waals surface area contributed by atoms with E-state index in [4.69, 9.17) is 11.6 Å². The summed E-state index contributed by atoms with van der Waals surface area (Å²) in [6.45, 7) is 3.70. The molecule has 0 aliphatic heterocycles. The van der Waals surface area contributed by atoms with Crippen LogP contribution in [0.2, 0.25) is 5.02 Å². The zero-order valence-electron chi connectivity index (χ0n) is 13.0. The van der Waals surface area contributed by atoms with Crippen molar-refractivity contribution in [2.45, 2.75) is 13.8 Å². The van der Waals surface area contributed by atoms with Crippen molar-refractivity contribution in [3.63, 3.8) is 0 Å². The van der Waals surface area contributed by atoms with Crippen LogP contribution in [0.4, 0.5) is 16.5 Å². The predicted octanol–water partition coefficient (Wildman–Crippen LogP) is 4.20. The Morgan fingerprint density at radius 3 is 2.67 bits per heavy atom. The van der Waals surface area contributed by atoms with E-state index in [2.05, 4.69) is 25.6 Å². The van der Waals surface area contributed by atoms with Crippen LogP contribution in [-0.4, -0.2) is 20.9 Å². The van der Waals surface area contributed by atoms with Crippen LogP contribution in [0.1, 0.15) is 21.9 Å². The number of carbonyl (C=O) groups is 1. The molecular formula is C16H14ClN5OS. The van der Waals surface area contributed by atoms with Crippen LogP contribution < -0.4 is 10.6 Å². The van der Waals surface area contributed by atoms with Crippen molar-refractivity contribution in [1.82, 2.24) is 15.0 Å². The van der Waals surface area contributed by atoms with E-state index in [1.165, 1.54) is 17.5 Å². The van der Waals surface area contributed by atoms with Gasteiger partial charge >= 0.3 is 0 Å². The van der Waals surface area contributed by atoms with Crippen LogP contribution in [0.3, 0.4) is 0 Å². The van der Waals surface area contributed by atoms with Gasteiger partial charge in [0.2, 0.25) is 0 Å². The highest BCUT2D eigenvalue weighted by Crippen LogP contribution is 2.26. The van der Waals surface area contributed by atoms with Crippen LogP contribution in [0.15, 0.2) is 36.0 Å². The quantitative estimate of drug-likeness (QED) is 0.729. The van der Waals surface area contributed by atoms with Crippen molar-refractivity contribution < 1.29 is 4.79 Å². The molecule has 3 aromatic rings. The van der Waals surface area contributed by atoms with E-state index >= 15 is 0 Å². The van der Waals surface area contributed by atoms with Crippen LogP contribution in [-0.2, 0) is 0 Å². The topological polar surface area (TPSA) is 79.8 Å². The average Bonchev–Trinajstić information content (AvgIpc) is 2.96. The van der Waals surface area contributed by atoms with E-state index < -0.39 is 0 Å². The fraction of sp³-hybridized carbons (Fsp3) is 0.125. The number of nitrogens with zero attached hydrogens (tertiary/aromatic N) is 3. The third-order valence-electron chi connectivity index (χ3n) is 3.13. The molecule has 0 aromatic carbocycles. The third kappa shape index (κ3) is 3.69. The minimum absolute atomic E-state index is 0.274. The lowest BCUT2D eigenvalue weighted by atomic mass is 10.2. The molecule has 3 rings (SSSR count). The largest absolute Gasteiger partial charge is 0.352 e. The van der Waals surface area contributed by atoms with E-state index in [-0.39, 0.29) is 11.6 Å². The van der Waals surface area contributed by atoms with E-state index in [1.54, 1.807) is 18.3 Å². The molecule has 0 bridgehead atoms. The molecule has 0 fully saturated rings. The SMILES string of the molecule is Cc1csc(NC(=O)c2nc(C)ccc2Nc2ccncc2Cl)n1. The van der Waals surface area contributed by atoms with Crippen molar-refractivity contribution in [3.05, 3.63) is 58.1 Å². The Hall–Kier alpha value is -2.51. The van der Waals surface area contributed by atoms with Gasteiger partial charge in [-0.1, -0.05) is 11.6 Å². The van der Waals surface area contributed by atoms with Crippen LogP contribution in [0.5, 0.6) is 0 Å². The molecule has 2 N–H and O–H groups in total. The lowest BCUT2D eigenvalue weighted by Crippen LogP contribution is -2.16. The highest BCUT2D eigenvalue weighted by atomic mass is 35.5. The number of nitrogens with one attached hydrogen (secondary N) is 2. The number of pyridine rings is 2. The van der Waals surface area contributed by atoms with Gasteiger partial charge in [0.15, 0.2) is 10.8 Å². The molecule has 122 valence electrons. The van der Waals surface area contributed by atoms with Gasteiger partial charge in [0.05, 0.1) is 22.1 Å². The molecule has 24 heavy (non-hydrogen) atoms. The summed E-state index contributed by atoms with van der Waals surface area (Å²) in [4.78, 5) is 25.1. The summed E-state index contributed by atoms with van der Waals surface area (Å²) in [6.07, 6.45) is 3.15. The van der Waals surface area contributed by atoms with E-state index in [1.807, 2.05) is 25.3 Å². The second-order valence-corrected chi connectivity index (χ2v) is 6.34. The monoisotopic (exact) mass is 359 g/mol. The smallest absolute Gasteiger partial charge is 0.278 e. The van der Waals surface area contributed by atoms with Crippen LogP contribution in [0, 0.1) is 13.8 Å². The number of halogens is 1. The summed E-state index contributed by atoms with van der Waals surface area (Å²) in [6, 6.07) is 5.34. The molecule has 0 radical (unpaired) electrons. The van der Waals surface area contributed by atoms with Gasteiger partial charge in [-0.15, -0.1) is 11.3 Å². The molecule has 0 atom stereocenters. The number of aromatic nitrogens is 3. The Balaban J connectivity index is 1.90. The molecule has 6 nitrogen and oxygen atoms in total. The number of hydrogen-bond donors (Lipinski definition) is 2. The first-order valence-electron chi connectivity index (χ1n) is 7.10. The van der Waals surface area contributed by atoms with Crippen molar-refractivity contribution in [2.24, 2.45) is 0 Å². The second-order valence-electron chi connectivity index (χ2n) is 5.08. The molecule has 0 saturated heterocycles. The Morgan fingerprint density at radius 2 is 1.96 bits per heavy atom. The van der Waals surface area contributed by atoms with E-state index in [9.17, 15) is 4.79 Å². The van der Waals surface area contributed by atoms with Crippen molar-refractivity contribution >= 4 is 45.4 Å². The summed E-state index contributed by atoms with van der Waals surface area (Å²) >= 11 is 7.48. The van der Waals surface area contributed by atoms with Gasteiger partial charge in [0.1, 0.15) is 0 Å². The first-order chi connectivity index (χ1) is 11.5. The number of aryl methyl sites for hydroxylation is 2. The van der Waals surface area contributed by atoms with Gasteiger partial charge in [-0.2, -0.15) is 0 Å². The van der Waals surface area contributed by atoms with Gasteiger partial charge in [-0.25, -0.2) is 9.97 Å². The van der Waals surface area contributed by atoms with Crippen molar-refractivity contribution in [3.8, 4) is 0 Å². The Labute approximate surface area is 148 Å². The molecule has 1 amide bonds. The molecule has 3 heterocycles. The number of carbonyl (C=O) groups excluding carboxylic acids is 1. The van der Waals surface area contributed by atoms with Crippen LogP contribution in [0.25, 0.3) is 0 Å². The maximum Gasteiger partial charge on any atom is 0.278 e. The van der Waals surface area contributed by atoms with Gasteiger partial charge in [-0.05, 0) is 32.0 Å². The molecule has 0 aliphatic rings. The second kappa shape index (κ2) is 6.94. The Bertz CT molecular complexity index is 896. The molecule has 0 saturated carbocycles. The first-order valence-corrected chi connectivity index (χ1v) is 8.36. The van der Waals surface area contributed by atoms with Gasteiger partial charge < -0.3 is 5.32 Å². The maximum atomic E-state index is 12.6. The van der Waals surface area contributed by atoms with E-state index in [0.717, 1.165) is 11.4 Å². The van der Waals surface area contributed by atoms with Crippen molar-refractivity contribution in [2.75, 3.05) is 10.6 Å². The zero-order chi connectivity index (χ0) is 17.1. The highest BCUT2D eigenvalue weighted by Gasteiger charge is 2.16. The molecule has 0 aliphatic carbocycles. The zero-order valence-corrected chi connectivity index (χ0v) is 14.6. The summed E-state index contributed by atoms with van der Waals surface area (Å²) in [7, 11) is 0. The standard InChI is InChI=1S/C16H14ClN5OS/c1-9-3-4-13(21-12-5-6-18-7-11(12)17)14(19-9)15(23)22-16-20-10(2)8-24-16/h3-8H,1-2H3,(H,18,21)(H,20,22,23). The predicted molar refractivity (Wildman–Crippen MR) is 96.3 cm³/mol. The number of rotatable bonds is 4. The number of anilines is 3. The summed E-state index contributed by atoms with van der Waals surface area (Å²) in [5.41, 5.74) is 3.07. The number of hydrogen-bond acceptors (Lipinski definition) is 6. The molecule has 8 heteroatoms. The minimum atomic E-state index is -0.333. The number of thiazole rings is 1. The summed E-state index contributed by atoms with van der Waals surface area (Å²) in [5, 5.41) is 8.76. The highest BCUT2D eigenvalue weighted by molar-refractivity contribution is 7.13. The van der Waals surface area contributed by atoms with E-state index in [0.29, 0.717) is 21.5 Å². The van der Waals surface area contributed by atoms with Gasteiger partial charge in [-0.3, -0.25) is 15.1 Å². The third-order valence-corrected chi connectivity index (χ3v) is 4.31. The van der Waals surface area contributed by atoms with Gasteiger partial charge in [0, 0.05) is 23.5 Å². The lowest BCUT2D eigenvalue weighted by Gasteiger charge is -2.12. The lowest BCUT2D eigenvalue weighted by molar-refractivity contribution is 0.102. The van der Waals surface area contributed by atoms with Crippen molar-refractivity contribution in [1.29, 1.82) is 0 Å². The molecule has 0 spiro atoms. The fourth-order valence-corrected chi connectivity index (χ4v) is 2.87. The summed E-state index contributed by atoms with van der Waals surface area (Å²) < 4.78 is 0. The first kappa shape index (κ1) is 16.4. The molecule has 0 unspecified atom stereocenters. The van der Waals surface area contributed by atoms with Gasteiger partial charge in [0.25, 0.3) is 5.91 Å². The van der Waals surface area contributed by atoms with Crippen LogP contribution >= 0.6 is 22.9 Å². The summed E-state index contributed by atoms with van der Waals surface area (Å²) in [5.74, 6) is -0.333. The fourth-order valence-electron chi connectivity index (χ4n) is 2.02.